The first-order valence-corrected chi connectivity index (χ1v) is 5.40. The summed E-state index contributed by atoms with van der Waals surface area (Å²) in [5.41, 5.74) is 1.49. The average molecular weight is 273 g/mol. The Kier molecular flexibility index (Phi) is 4.58. The minimum absolute atomic E-state index is 0.424. The molecule has 0 saturated heterocycles. The first-order chi connectivity index (χ1) is 7.17. The number of aliphatic hydroxyl groups is 1. The minimum atomic E-state index is -0.516. The third-order valence-corrected chi connectivity index (χ3v) is 2.26. The molecule has 0 unspecified atom stereocenters. The number of carbonyl (C=O) groups excluding carboxylic acids is 1. The Balaban J connectivity index is 2.91. The highest BCUT2D eigenvalue weighted by molar-refractivity contribution is 9.10. The second kappa shape index (κ2) is 5.72. The Labute approximate surface area is 96.8 Å². The van der Waals surface area contributed by atoms with E-state index >= 15 is 0 Å². The van der Waals surface area contributed by atoms with E-state index in [2.05, 4.69) is 26.6 Å². The number of nitrogens with one attached hydrogen (secondary N) is 2. The third-order valence-electron chi connectivity index (χ3n) is 1.77. The molecular formula is C10H13BrN2O2. The molecule has 0 atom stereocenters. The lowest BCUT2D eigenvalue weighted by molar-refractivity contribution is -0.118. The van der Waals surface area contributed by atoms with Gasteiger partial charge in [0.15, 0.2) is 0 Å². The van der Waals surface area contributed by atoms with Crippen LogP contribution in [0.15, 0.2) is 22.7 Å². The van der Waals surface area contributed by atoms with Gasteiger partial charge in [-0.1, -0.05) is 15.9 Å². The molecule has 5 heteroatoms. The van der Waals surface area contributed by atoms with Gasteiger partial charge in [0.2, 0.25) is 5.91 Å². The van der Waals surface area contributed by atoms with Crippen molar-refractivity contribution >= 4 is 33.2 Å². The Hall–Kier alpha value is -1.07. The van der Waals surface area contributed by atoms with Crippen molar-refractivity contribution in [1.82, 2.24) is 0 Å². The Morgan fingerprint density at radius 3 is 2.80 bits per heavy atom. The van der Waals surface area contributed by atoms with Crippen molar-refractivity contribution in [2.45, 2.75) is 6.92 Å². The molecular weight excluding hydrogens is 260 g/mol. The zero-order valence-corrected chi connectivity index (χ0v) is 9.97. The molecule has 1 aromatic carbocycles. The topological polar surface area (TPSA) is 61.4 Å². The fraction of sp³-hybridized carbons (Fsp3) is 0.300. The van der Waals surface area contributed by atoms with Crippen LogP contribution >= 0.6 is 15.9 Å². The summed E-state index contributed by atoms with van der Waals surface area (Å²) in [5, 5.41) is 14.4. The van der Waals surface area contributed by atoms with Crippen LogP contribution in [0.4, 0.5) is 11.4 Å². The Morgan fingerprint density at radius 1 is 1.47 bits per heavy atom. The van der Waals surface area contributed by atoms with Crippen molar-refractivity contribution in [3.8, 4) is 0 Å². The quantitative estimate of drug-likeness (QED) is 0.784. The Bertz CT molecular complexity index is 355. The molecule has 0 fully saturated rings. The van der Waals surface area contributed by atoms with Crippen LogP contribution in [-0.4, -0.2) is 24.2 Å². The van der Waals surface area contributed by atoms with Crippen LogP contribution in [0.2, 0.25) is 0 Å². The van der Waals surface area contributed by atoms with E-state index in [1.54, 1.807) is 6.07 Å². The molecule has 3 N–H and O–H groups in total. The summed E-state index contributed by atoms with van der Waals surface area (Å²) in [6.45, 7) is 2.22. The molecule has 0 aliphatic carbocycles. The van der Waals surface area contributed by atoms with Crippen LogP contribution in [0, 0.1) is 0 Å². The molecule has 0 aromatic heterocycles. The third kappa shape index (κ3) is 3.53. The van der Waals surface area contributed by atoms with Crippen molar-refractivity contribution in [3.63, 3.8) is 0 Å². The standard InChI is InChI=1S/C10H13BrN2O2/c1-2-12-8-4-3-7(11)5-9(8)13-10(15)6-14/h3-5,12,14H,2,6H2,1H3,(H,13,15). The van der Waals surface area contributed by atoms with E-state index in [0.717, 1.165) is 16.7 Å². The lowest BCUT2D eigenvalue weighted by atomic mass is 10.2. The van der Waals surface area contributed by atoms with E-state index in [0.29, 0.717) is 5.69 Å². The van der Waals surface area contributed by atoms with Crippen molar-refractivity contribution in [2.24, 2.45) is 0 Å². The molecule has 1 rings (SSSR count). The largest absolute Gasteiger partial charge is 0.387 e. The van der Waals surface area contributed by atoms with E-state index in [4.69, 9.17) is 5.11 Å². The highest BCUT2D eigenvalue weighted by atomic mass is 79.9. The van der Waals surface area contributed by atoms with Crippen LogP contribution < -0.4 is 10.6 Å². The maximum atomic E-state index is 11.0. The number of carbonyl (C=O) groups is 1. The molecule has 82 valence electrons. The Morgan fingerprint density at radius 2 is 2.20 bits per heavy atom. The fourth-order valence-electron chi connectivity index (χ4n) is 1.15. The zero-order valence-electron chi connectivity index (χ0n) is 8.38. The van der Waals surface area contributed by atoms with E-state index in [1.165, 1.54) is 0 Å². The zero-order chi connectivity index (χ0) is 11.3. The maximum Gasteiger partial charge on any atom is 0.250 e. The van der Waals surface area contributed by atoms with Gasteiger partial charge in [-0.15, -0.1) is 0 Å². The number of benzene rings is 1. The summed E-state index contributed by atoms with van der Waals surface area (Å²) in [6.07, 6.45) is 0. The number of rotatable bonds is 4. The summed E-state index contributed by atoms with van der Waals surface area (Å²) in [4.78, 5) is 11.0. The summed E-state index contributed by atoms with van der Waals surface area (Å²) >= 11 is 3.32. The predicted octanol–water partition coefficient (Wildman–Crippen LogP) is 1.81. The molecule has 1 aromatic rings. The molecule has 0 spiro atoms. The molecule has 0 saturated carbocycles. The highest BCUT2D eigenvalue weighted by Gasteiger charge is 2.05. The molecule has 1 amide bonds. The van der Waals surface area contributed by atoms with Gasteiger partial charge in [0.05, 0.1) is 11.4 Å². The van der Waals surface area contributed by atoms with Crippen LogP contribution in [0.1, 0.15) is 6.92 Å². The molecule has 0 radical (unpaired) electrons. The first kappa shape index (κ1) is 12.0. The summed E-state index contributed by atoms with van der Waals surface area (Å²) in [7, 11) is 0. The van der Waals surface area contributed by atoms with Gasteiger partial charge in [-0.3, -0.25) is 4.79 Å². The molecule has 4 nitrogen and oxygen atoms in total. The number of halogens is 1. The van der Waals surface area contributed by atoms with Gasteiger partial charge in [0, 0.05) is 11.0 Å². The highest BCUT2D eigenvalue weighted by Crippen LogP contribution is 2.25. The fourth-order valence-corrected chi connectivity index (χ4v) is 1.52. The maximum absolute atomic E-state index is 11.0. The van der Waals surface area contributed by atoms with E-state index in [9.17, 15) is 4.79 Å². The second-order valence-corrected chi connectivity index (χ2v) is 3.84. The predicted molar refractivity (Wildman–Crippen MR) is 64.0 cm³/mol. The van der Waals surface area contributed by atoms with E-state index < -0.39 is 12.5 Å². The van der Waals surface area contributed by atoms with Crippen LogP contribution in [-0.2, 0) is 4.79 Å². The van der Waals surface area contributed by atoms with Crippen molar-refractivity contribution in [2.75, 3.05) is 23.8 Å². The summed E-state index contributed by atoms with van der Waals surface area (Å²) in [6, 6.07) is 5.53. The molecule has 0 aliphatic rings. The van der Waals surface area contributed by atoms with Gasteiger partial charge < -0.3 is 15.7 Å². The van der Waals surface area contributed by atoms with Gasteiger partial charge in [-0.05, 0) is 25.1 Å². The second-order valence-electron chi connectivity index (χ2n) is 2.93. The number of hydrogen-bond donors (Lipinski definition) is 3. The van der Waals surface area contributed by atoms with Gasteiger partial charge in [-0.2, -0.15) is 0 Å². The normalized spacial score (nSPS) is 9.80. The van der Waals surface area contributed by atoms with Crippen molar-refractivity contribution in [1.29, 1.82) is 0 Å². The van der Waals surface area contributed by atoms with Crippen LogP contribution in [0.5, 0.6) is 0 Å². The molecule has 0 aliphatic heterocycles. The number of aliphatic hydroxyl groups excluding tert-OH is 1. The van der Waals surface area contributed by atoms with Crippen molar-refractivity contribution < 1.29 is 9.90 Å². The smallest absolute Gasteiger partial charge is 0.250 e. The molecule has 0 heterocycles. The van der Waals surface area contributed by atoms with Gasteiger partial charge in [0.25, 0.3) is 0 Å². The first-order valence-electron chi connectivity index (χ1n) is 4.61. The SMILES string of the molecule is CCNc1ccc(Br)cc1NC(=O)CO. The lowest BCUT2D eigenvalue weighted by Gasteiger charge is -2.11. The minimum Gasteiger partial charge on any atom is -0.387 e. The number of hydrogen-bond acceptors (Lipinski definition) is 3. The molecule has 0 bridgehead atoms. The van der Waals surface area contributed by atoms with E-state index in [-0.39, 0.29) is 0 Å². The number of anilines is 2. The number of amides is 1. The van der Waals surface area contributed by atoms with Gasteiger partial charge in [0.1, 0.15) is 6.61 Å². The monoisotopic (exact) mass is 272 g/mol. The van der Waals surface area contributed by atoms with Crippen LogP contribution in [0.3, 0.4) is 0 Å². The summed E-state index contributed by atoms with van der Waals surface area (Å²) < 4.78 is 0.873. The lowest BCUT2D eigenvalue weighted by Crippen LogP contribution is -2.16. The summed E-state index contributed by atoms with van der Waals surface area (Å²) in [5.74, 6) is -0.424. The van der Waals surface area contributed by atoms with Gasteiger partial charge in [-0.25, -0.2) is 0 Å². The van der Waals surface area contributed by atoms with E-state index in [1.807, 2.05) is 19.1 Å². The van der Waals surface area contributed by atoms with Crippen molar-refractivity contribution in [3.05, 3.63) is 22.7 Å². The average Bonchev–Trinajstić information content (AvgIpc) is 2.22. The van der Waals surface area contributed by atoms with Crippen LogP contribution in [0.25, 0.3) is 0 Å². The van der Waals surface area contributed by atoms with Gasteiger partial charge >= 0.3 is 0 Å². The molecule has 15 heavy (non-hydrogen) atoms.